The average Bonchev–Trinajstić information content (AvgIpc) is 3.38. The number of benzene rings is 2. The van der Waals surface area contributed by atoms with Crippen LogP contribution in [0.5, 0.6) is 5.75 Å². The number of nitrogens with one attached hydrogen (secondary N) is 2. The molecule has 8 nitrogen and oxygen atoms in total. The lowest BCUT2D eigenvalue weighted by molar-refractivity contribution is 0.0908. The summed E-state index contributed by atoms with van der Waals surface area (Å²) in [4.78, 5) is 15.4. The molecule has 0 saturated carbocycles. The maximum absolute atomic E-state index is 13.0. The molecule has 35 heavy (non-hydrogen) atoms. The highest BCUT2D eigenvalue weighted by Crippen LogP contribution is 2.22. The SMILES string of the molecule is COc1ccccc1CN1CCC(NC(=O)c2cc(S(=O)(=O)NCc3ccco3)ccc2C)CC1. The summed E-state index contributed by atoms with van der Waals surface area (Å²) in [5.41, 5.74) is 2.23. The van der Waals surface area contributed by atoms with E-state index in [1.165, 1.54) is 18.4 Å². The minimum atomic E-state index is -3.79. The molecule has 0 atom stereocenters. The summed E-state index contributed by atoms with van der Waals surface area (Å²) in [7, 11) is -2.11. The van der Waals surface area contributed by atoms with Crippen molar-refractivity contribution in [3.8, 4) is 5.75 Å². The number of piperidine rings is 1. The van der Waals surface area contributed by atoms with E-state index in [1.54, 1.807) is 32.2 Å². The summed E-state index contributed by atoms with van der Waals surface area (Å²) < 4.78 is 38.6. The minimum Gasteiger partial charge on any atom is -0.496 e. The molecule has 1 aliphatic heterocycles. The molecular weight excluding hydrogens is 466 g/mol. The van der Waals surface area contributed by atoms with Gasteiger partial charge in [-0.05, 0) is 55.7 Å². The zero-order valence-corrected chi connectivity index (χ0v) is 20.8. The number of carbonyl (C=O) groups excluding carboxylic acids is 1. The molecule has 0 bridgehead atoms. The lowest BCUT2D eigenvalue weighted by Crippen LogP contribution is -2.44. The first-order valence-corrected chi connectivity index (χ1v) is 13.1. The molecule has 2 heterocycles. The molecule has 1 amide bonds. The first kappa shape index (κ1) is 25.0. The molecule has 1 fully saturated rings. The largest absolute Gasteiger partial charge is 0.496 e. The van der Waals surface area contributed by atoms with E-state index in [9.17, 15) is 13.2 Å². The third-order valence-corrected chi connectivity index (χ3v) is 7.69. The molecule has 2 aromatic carbocycles. The number of likely N-dealkylation sites (tertiary alicyclic amines) is 1. The summed E-state index contributed by atoms with van der Waals surface area (Å²) in [5.74, 6) is 1.14. The minimum absolute atomic E-state index is 0.0353. The zero-order chi connectivity index (χ0) is 24.8. The molecule has 0 aliphatic carbocycles. The molecule has 1 aromatic heterocycles. The van der Waals surface area contributed by atoms with E-state index in [1.807, 2.05) is 18.2 Å². The Hall–Kier alpha value is -3.14. The highest BCUT2D eigenvalue weighted by atomic mass is 32.2. The van der Waals surface area contributed by atoms with Gasteiger partial charge in [0.1, 0.15) is 11.5 Å². The molecule has 1 aliphatic rings. The smallest absolute Gasteiger partial charge is 0.251 e. The number of amides is 1. The maximum atomic E-state index is 13.0. The van der Waals surface area contributed by atoms with Crippen molar-refractivity contribution in [2.24, 2.45) is 0 Å². The van der Waals surface area contributed by atoms with Gasteiger partial charge in [-0.1, -0.05) is 24.3 Å². The highest BCUT2D eigenvalue weighted by Gasteiger charge is 2.24. The standard InChI is InChI=1S/C26H31N3O5S/c1-19-9-10-23(35(31,32)27-17-22-7-5-15-34-22)16-24(19)26(30)28-21-11-13-29(14-12-21)18-20-6-3-4-8-25(20)33-2/h3-10,15-16,21,27H,11-14,17-18H2,1-2H3,(H,28,30). The second kappa shape index (κ2) is 11.1. The van der Waals surface area contributed by atoms with Crippen LogP contribution in [0.15, 0.2) is 70.2 Å². The topological polar surface area (TPSA) is 101 Å². The van der Waals surface area contributed by atoms with Crippen molar-refractivity contribution in [2.45, 2.75) is 43.8 Å². The van der Waals surface area contributed by atoms with E-state index in [0.717, 1.165) is 49.4 Å². The van der Waals surface area contributed by atoms with E-state index in [0.29, 0.717) is 11.3 Å². The number of sulfonamides is 1. The molecule has 4 rings (SSSR count). The Bertz CT molecular complexity index is 1250. The van der Waals surface area contributed by atoms with Crippen LogP contribution < -0.4 is 14.8 Å². The van der Waals surface area contributed by atoms with E-state index in [4.69, 9.17) is 9.15 Å². The Morgan fingerprint density at radius 3 is 2.60 bits per heavy atom. The van der Waals surface area contributed by atoms with Gasteiger partial charge >= 0.3 is 0 Å². The van der Waals surface area contributed by atoms with Crippen LogP contribution in [0, 0.1) is 6.92 Å². The van der Waals surface area contributed by atoms with Gasteiger partial charge in [0, 0.05) is 36.8 Å². The second-order valence-corrected chi connectivity index (χ2v) is 10.5. The van der Waals surface area contributed by atoms with Crippen molar-refractivity contribution < 1.29 is 22.4 Å². The fourth-order valence-corrected chi connectivity index (χ4v) is 5.27. The number of carbonyl (C=O) groups is 1. The van der Waals surface area contributed by atoms with E-state index in [-0.39, 0.29) is 23.4 Å². The van der Waals surface area contributed by atoms with Gasteiger partial charge in [-0.15, -0.1) is 0 Å². The van der Waals surface area contributed by atoms with Crippen molar-refractivity contribution in [1.29, 1.82) is 0 Å². The van der Waals surface area contributed by atoms with Gasteiger partial charge in [-0.2, -0.15) is 0 Å². The summed E-state index contributed by atoms with van der Waals surface area (Å²) in [6.07, 6.45) is 3.13. The zero-order valence-electron chi connectivity index (χ0n) is 20.0. The summed E-state index contributed by atoms with van der Waals surface area (Å²) in [6.45, 7) is 4.35. The quantitative estimate of drug-likeness (QED) is 0.470. The number of hydrogen-bond acceptors (Lipinski definition) is 6. The normalized spacial score (nSPS) is 15.1. The van der Waals surface area contributed by atoms with Crippen molar-refractivity contribution in [3.63, 3.8) is 0 Å². The van der Waals surface area contributed by atoms with Crippen LogP contribution in [0.2, 0.25) is 0 Å². The van der Waals surface area contributed by atoms with Crippen molar-refractivity contribution in [2.75, 3.05) is 20.2 Å². The van der Waals surface area contributed by atoms with Gasteiger partial charge < -0.3 is 14.5 Å². The van der Waals surface area contributed by atoms with Crippen LogP contribution in [-0.2, 0) is 23.1 Å². The molecule has 0 spiro atoms. The van der Waals surface area contributed by atoms with Gasteiger partial charge in [-0.3, -0.25) is 9.69 Å². The van der Waals surface area contributed by atoms with Crippen LogP contribution in [0.25, 0.3) is 0 Å². The number of methoxy groups -OCH3 is 1. The number of nitrogens with zero attached hydrogens (tertiary/aromatic N) is 1. The van der Waals surface area contributed by atoms with Gasteiger partial charge in [0.25, 0.3) is 5.91 Å². The number of para-hydroxylation sites is 1. The second-order valence-electron chi connectivity index (χ2n) is 8.72. The van der Waals surface area contributed by atoms with Crippen LogP contribution in [-0.4, -0.2) is 45.5 Å². The molecule has 9 heteroatoms. The van der Waals surface area contributed by atoms with Gasteiger partial charge in [0.2, 0.25) is 10.0 Å². The number of aryl methyl sites for hydroxylation is 1. The van der Waals surface area contributed by atoms with Crippen molar-refractivity contribution >= 4 is 15.9 Å². The predicted octanol–water partition coefficient (Wildman–Crippen LogP) is 3.47. The first-order valence-electron chi connectivity index (χ1n) is 11.6. The maximum Gasteiger partial charge on any atom is 0.251 e. The monoisotopic (exact) mass is 497 g/mol. The van der Waals surface area contributed by atoms with Crippen molar-refractivity contribution in [1.82, 2.24) is 14.9 Å². The van der Waals surface area contributed by atoms with Gasteiger partial charge in [-0.25, -0.2) is 13.1 Å². The van der Waals surface area contributed by atoms with Crippen LogP contribution in [0.3, 0.4) is 0 Å². The number of rotatable bonds is 9. The van der Waals surface area contributed by atoms with E-state index >= 15 is 0 Å². The molecule has 1 saturated heterocycles. The average molecular weight is 498 g/mol. The Kier molecular flexibility index (Phi) is 7.90. The number of furan rings is 1. The molecule has 0 unspecified atom stereocenters. The Morgan fingerprint density at radius 1 is 1.11 bits per heavy atom. The molecule has 2 N–H and O–H groups in total. The molecule has 0 radical (unpaired) electrons. The van der Waals surface area contributed by atoms with Crippen LogP contribution >= 0.6 is 0 Å². The number of hydrogen-bond donors (Lipinski definition) is 2. The third kappa shape index (κ3) is 6.30. The Balaban J connectivity index is 1.35. The van der Waals surface area contributed by atoms with Crippen LogP contribution in [0.4, 0.5) is 0 Å². The van der Waals surface area contributed by atoms with Crippen LogP contribution in [0.1, 0.15) is 40.1 Å². The van der Waals surface area contributed by atoms with Gasteiger partial charge in [0.15, 0.2) is 0 Å². The molecular formula is C26H31N3O5S. The first-order chi connectivity index (χ1) is 16.9. The predicted molar refractivity (Wildman–Crippen MR) is 133 cm³/mol. The summed E-state index contributed by atoms with van der Waals surface area (Å²) >= 11 is 0. The third-order valence-electron chi connectivity index (χ3n) is 6.29. The fourth-order valence-electron chi connectivity index (χ4n) is 4.25. The highest BCUT2D eigenvalue weighted by molar-refractivity contribution is 7.89. The lowest BCUT2D eigenvalue weighted by Gasteiger charge is -2.32. The van der Waals surface area contributed by atoms with Gasteiger partial charge in [0.05, 0.1) is 24.8 Å². The fraction of sp³-hybridized carbons (Fsp3) is 0.346. The lowest BCUT2D eigenvalue weighted by atomic mass is 10.0. The van der Waals surface area contributed by atoms with Crippen molar-refractivity contribution in [3.05, 3.63) is 83.3 Å². The Morgan fingerprint density at radius 2 is 1.89 bits per heavy atom. The summed E-state index contributed by atoms with van der Waals surface area (Å²) in [5, 5.41) is 3.10. The molecule has 3 aromatic rings. The van der Waals surface area contributed by atoms with E-state index < -0.39 is 10.0 Å². The van der Waals surface area contributed by atoms with E-state index in [2.05, 4.69) is 21.0 Å². The molecule has 186 valence electrons. The summed E-state index contributed by atoms with van der Waals surface area (Å²) in [6, 6.07) is 16.0. The Labute approximate surface area is 206 Å². The number of ether oxygens (including phenoxy) is 1.